The lowest BCUT2D eigenvalue weighted by molar-refractivity contribution is 0.0693. The molecule has 5 nitrogen and oxygen atoms in total. The van der Waals surface area contributed by atoms with E-state index < -0.39 is 5.97 Å². The van der Waals surface area contributed by atoms with Crippen molar-refractivity contribution in [1.82, 2.24) is 14.7 Å². The van der Waals surface area contributed by atoms with Crippen LogP contribution in [0.3, 0.4) is 0 Å². The average Bonchev–Trinajstić information content (AvgIpc) is 2.71. The van der Waals surface area contributed by atoms with Gasteiger partial charge < -0.3 is 5.11 Å². The molecule has 0 radical (unpaired) electrons. The molecule has 1 atom stereocenters. The van der Waals surface area contributed by atoms with Crippen molar-refractivity contribution in [3.63, 3.8) is 0 Å². The van der Waals surface area contributed by atoms with E-state index in [0.717, 1.165) is 24.7 Å². The number of carbonyl (C=O) groups is 1. The predicted molar refractivity (Wildman–Crippen MR) is 68.5 cm³/mol. The molecule has 2 rings (SSSR count). The Morgan fingerprint density at radius 2 is 2.39 bits per heavy atom. The SMILES string of the molecule is CCC1CCCN(Cc2c(C(=O)O)cnn2C)C1. The van der Waals surface area contributed by atoms with Crippen LogP contribution in [0.15, 0.2) is 6.20 Å². The number of carboxylic acid groups (broad SMARTS) is 1. The molecule has 1 fully saturated rings. The van der Waals surface area contributed by atoms with Gasteiger partial charge in [0.25, 0.3) is 0 Å². The van der Waals surface area contributed by atoms with Crippen molar-refractivity contribution in [2.75, 3.05) is 13.1 Å². The molecule has 1 aliphatic rings. The van der Waals surface area contributed by atoms with E-state index in [9.17, 15) is 4.79 Å². The molecule has 0 amide bonds. The lowest BCUT2D eigenvalue weighted by Gasteiger charge is -2.32. The van der Waals surface area contributed by atoms with E-state index in [4.69, 9.17) is 5.11 Å². The summed E-state index contributed by atoms with van der Waals surface area (Å²) < 4.78 is 1.68. The van der Waals surface area contributed by atoms with Gasteiger partial charge in [-0.15, -0.1) is 0 Å². The number of aromatic carboxylic acids is 1. The first-order valence-electron chi connectivity index (χ1n) is 6.58. The van der Waals surface area contributed by atoms with E-state index in [-0.39, 0.29) is 0 Å². The molecular weight excluding hydrogens is 230 g/mol. The third kappa shape index (κ3) is 2.72. The van der Waals surface area contributed by atoms with Gasteiger partial charge in [-0.05, 0) is 25.3 Å². The van der Waals surface area contributed by atoms with Crippen molar-refractivity contribution >= 4 is 5.97 Å². The highest BCUT2D eigenvalue weighted by molar-refractivity contribution is 5.88. The van der Waals surface area contributed by atoms with Crippen LogP contribution >= 0.6 is 0 Å². The minimum absolute atomic E-state index is 0.330. The zero-order valence-corrected chi connectivity index (χ0v) is 11.1. The Morgan fingerprint density at radius 1 is 1.61 bits per heavy atom. The van der Waals surface area contributed by atoms with Crippen LogP contribution in [0.5, 0.6) is 0 Å². The fourth-order valence-corrected chi connectivity index (χ4v) is 2.67. The van der Waals surface area contributed by atoms with Crippen molar-refractivity contribution < 1.29 is 9.90 Å². The minimum Gasteiger partial charge on any atom is -0.478 e. The maximum atomic E-state index is 11.1. The quantitative estimate of drug-likeness (QED) is 0.885. The zero-order chi connectivity index (χ0) is 13.1. The molecule has 1 N–H and O–H groups in total. The normalized spacial score (nSPS) is 21.1. The Bertz CT molecular complexity index is 428. The second kappa shape index (κ2) is 5.52. The largest absolute Gasteiger partial charge is 0.478 e. The van der Waals surface area contributed by atoms with E-state index in [1.807, 2.05) is 7.05 Å². The Labute approximate surface area is 107 Å². The lowest BCUT2D eigenvalue weighted by Crippen LogP contribution is -2.35. The Morgan fingerprint density at radius 3 is 3.06 bits per heavy atom. The molecule has 0 spiro atoms. The van der Waals surface area contributed by atoms with Gasteiger partial charge in [-0.1, -0.05) is 13.3 Å². The molecular formula is C13H21N3O2. The fraction of sp³-hybridized carbons (Fsp3) is 0.692. The molecule has 1 aliphatic heterocycles. The Kier molecular flexibility index (Phi) is 4.01. The average molecular weight is 251 g/mol. The van der Waals surface area contributed by atoms with Crippen molar-refractivity contribution in [1.29, 1.82) is 0 Å². The minimum atomic E-state index is -0.887. The predicted octanol–water partition coefficient (Wildman–Crippen LogP) is 1.74. The first kappa shape index (κ1) is 13.1. The van der Waals surface area contributed by atoms with E-state index in [1.54, 1.807) is 4.68 Å². The molecule has 0 aliphatic carbocycles. The Balaban J connectivity index is 2.09. The highest BCUT2D eigenvalue weighted by Gasteiger charge is 2.22. The number of piperidine rings is 1. The van der Waals surface area contributed by atoms with E-state index >= 15 is 0 Å². The summed E-state index contributed by atoms with van der Waals surface area (Å²) in [6.07, 6.45) is 5.15. The molecule has 18 heavy (non-hydrogen) atoms. The molecule has 1 aromatic heterocycles. The second-order valence-electron chi connectivity index (χ2n) is 5.09. The van der Waals surface area contributed by atoms with Gasteiger partial charge in [0.05, 0.1) is 11.9 Å². The molecule has 0 aromatic carbocycles. The Hall–Kier alpha value is -1.36. The van der Waals surface area contributed by atoms with Gasteiger partial charge in [-0.2, -0.15) is 5.10 Å². The number of rotatable bonds is 4. The standard InChI is InChI=1S/C13H21N3O2/c1-3-10-5-4-6-16(8-10)9-12-11(13(17)18)7-14-15(12)2/h7,10H,3-6,8-9H2,1-2H3,(H,17,18). The van der Waals surface area contributed by atoms with Gasteiger partial charge in [0.2, 0.25) is 0 Å². The van der Waals surface area contributed by atoms with E-state index in [0.29, 0.717) is 12.1 Å². The maximum absolute atomic E-state index is 11.1. The molecule has 100 valence electrons. The summed E-state index contributed by atoms with van der Waals surface area (Å²) in [4.78, 5) is 13.5. The number of hydrogen-bond donors (Lipinski definition) is 1. The summed E-state index contributed by atoms with van der Waals surface area (Å²) >= 11 is 0. The van der Waals surface area contributed by atoms with Crippen molar-refractivity contribution in [3.05, 3.63) is 17.5 Å². The molecule has 1 unspecified atom stereocenters. The van der Waals surface area contributed by atoms with Crippen LogP contribution in [0.25, 0.3) is 0 Å². The van der Waals surface area contributed by atoms with Crippen LogP contribution in [0.2, 0.25) is 0 Å². The van der Waals surface area contributed by atoms with Gasteiger partial charge in [0.15, 0.2) is 0 Å². The van der Waals surface area contributed by atoms with Gasteiger partial charge in [0.1, 0.15) is 5.56 Å². The highest BCUT2D eigenvalue weighted by atomic mass is 16.4. The third-order valence-corrected chi connectivity index (χ3v) is 3.85. The van der Waals surface area contributed by atoms with E-state index in [2.05, 4.69) is 16.9 Å². The van der Waals surface area contributed by atoms with Crippen molar-refractivity contribution in [2.24, 2.45) is 13.0 Å². The van der Waals surface area contributed by atoms with Crippen molar-refractivity contribution in [3.8, 4) is 0 Å². The smallest absolute Gasteiger partial charge is 0.339 e. The summed E-state index contributed by atoms with van der Waals surface area (Å²) in [5.41, 5.74) is 1.13. The fourth-order valence-electron chi connectivity index (χ4n) is 2.67. The van der Waals surface area contributed by atoms with Gasteiger partial charge in [-0.3, -0.25) is 9.58 Å². The highest BCUT2D eigenvalue weighted by Crippen LogP contribution is 2.21. The van der Waals surface area contributed by atoms with Gasteiger partial charge in [0, 0.05) is 20.1 Å². The summed E-state index contributed by atoms with van der Waals surface area (Å²) in [5.74, 6) is -0.137. The molecule has 1 saturated heterocycles. The topological polar surface area (TPSA) is 58.4 Å². The summed E-state index contributed by atoms with van der Waals surface area (Å²) in [6.45, 7) is 5.04. The number of aryl methyl sites for hydroxylation is 1. The maximum Gasteiger partial charge on any atom is 0.339 e. The van der Waals surface area contributed by atoms with Gasteiger partial charge >= 0.3 is 5.97 Å². The van der Waals surface area contributed by atoms with Gasteiger partial charge in [-0.25, -0.2) is 4.79 Å². The van der Waals surface area contributed by atoms with Crippen LogP contribution < -0.4 is 0 Å². The van der Waals surface area contributed by atoms with Crippen LogP contribution in [0.1, 0.15) is 42.2 Å². The molecule has 2 heterocycles. The number of carboxylic acids is 1. The van der Waals surface area contributed by atoms with E-state index in [1.165, 1.54) is 25.5 Å². The second-order valence-corrected chi connectivity index (χ2v) is 5.09. The summed E-state index contributed by atoms with van der Waals surface area (Å²) in [7, 11) is 1.81. The number of aromatic nitrogens is 2. The first-order chi connectivity index (χ1) is 8.61. The zero-order valence-electron chi connectivity index (χ0n) is 11.1. The molecule has 0 saturated carbocycles. The lowest BCUT2D eigenvalue weighted by atomic mass is 9.95. The summed E-state index contributed by atoms with van der Waals surface area (Å²) in [5, 5.41) is 13.2. The number of hydrogen-bond acceptors (Lipinski definition) is 3. The third-order valence-electron chi connectivity index (χ3n) is 3.85. The number of nitrogens with zero attached hydrogens (tertiary/aromatic N) is 3. The van der Waals surface area contributed by atoms with Crippen molar-refractivity contribution in [2.45, 2.75) is 32.7 Å². The first-order valence-corrected chi connectivity index (χ1v) is 6.58. The monoisotopic (exact) mass is 251 g/mol. The molecule has 5 heteroatoms. The summed E-state index contributed by atoms with van der Waals surface area (Å²) in [6, 6.07) is 0. The number of likely N-dealkylation sites (tertiary alicyclic amines) is 1. The molecule has 0 bridgehead atoms. The van der Waals surface area contributed by atoms with Crippen LogP contribution in [-0.4, -0.2) is 38.8 Å². The van der Waals surface area contributed by atoms with Crippen LogP contribution in [-0.2, 0) is 13.6 Å². The molecule has 1 aromatic rings. The van der Waals surface area contributed by atoms with Crippen LogP contribution in [0.4, 0.5) is 0 Å². The van der Waals surface area contributed by atoms with Crippen LogP contribution in [0, 0.1) is 5.92 Å².